The number of imide groups is 1. The van der Waals surface area contributed by atoms with Crippen LogP contribution in [0.25, 0.3) is 0 Å². The smallest absolute Gasteiger partial charge is 0.325 e. The second-order valence-corrected chi connectivity index (χ2v) is 7.00. The van der Waals surface area contributed by atoms with Gasteiger partial charge in [0.2, 0.25) is 5.91 Å². The molecule has 0 unspecified atom stereocenters. The van der Waals surface area contributed by atoms with E-state index in [4.69, 9.17) is 4.74 Å². The van der Waals surface area contributed by atoms with E-state index in [9.17, 15) is 18.8 Å². The summed E-state index contributed by atoms with van der Waals surface area (Å²) in [4.78, 5) is 38.7. The highest BCUT2D eigenvalue weighted by molar-refractivity contribution is 6.09. The van der Waals surface area contributed by atoms with Crippen molar-refractivity contribution in [1.29, 1.82) is 0 Å². The van der Waals surface area contributed by atoms with Gasteiger partial charge in [-0.1, -0.05) is 37.3 Å². The Hall–Kier alpha value is -3.42. The predicted octanol–water partition coefficient (Wildman–Crippen LogP) is 2.35. The minimum atomic E-state index is -1.30. The van der Waals surface area contributed by atoms with E-state index in [1.165, 1.54) is 24.3 Å². The number of rotatable bonds is 8. The number of methoxy groups -OCH3 is 1. The molecule has 158 valence electrons. The van der Waals surface area contributed by atoms with Crippen molar-refractivity contribution < 1.29 is 23.5 Å². The Bertz CT molecular complexity index is 948. The highest BCUT2D eigenvalue weighted by Crippen LogP contribution is 2.32. The molecule has 2 aromatic rings. The molecule has 30 heavy (non-hydrogen) atoms. The Morgan fingerprint density at radius 3 is 2.53 bits per heavy atom. The number of amides is 4. The first kappa shape index (κ1) is 21.3. The van der Waals surface area contributed by atoms with E-state index in [0.717, 1.165) is 16.2 Å². The minimum Gasteiger partial charge on any atom is -0.496 e. The van der Waals surface area contributed by atoms with Gasteiger partial charge in [0.25, 0.3) is 5.91 Å². The molecule has 1 saturated heterocycles. The van der Waals surface area contributed by atoms with Gasteiger partial charge in [0.1, 0.15) is 23.7 Å². The van der Waals surface area contributed by atoms with E-state index in [1.807, 2.05) is 24.3 Å². The second kappa shape index (κ2) is 8.94. The molecule has 1 aliphatic rings. The van der Waals surface area contributed by atoms with Gasteiger partial charge in [-0.2, -0.15) is 0 Å². The number of carbonyl (C=O) groups excluding carboxylic acids is 3. The average molecular weight is 413 g/mol. The van der Waals surface area contributed by atoms with Gasteiger partial charge in [-0.15, -0.1) is 0 Å². The van der Waals surface area contributed by atoms with Gasteiger partial charge in [0.05, 0.1) is 7.11 Å². The topological polar surface area (TPSA) is 87.7 Å². The number of nitrogens with zero attached hydrogens (tertiary/aromatic N) is 1. The van der Waals surface area contributed by atoms with Gasteiger partial charge in [-0.3, -0.25) is 14.5 Å². The lowest BCUT2D eigenvalue weighted by Crippen LogP contribution is -2.45. The fourth-order valence-corrected chi connectivity index (χ4v) is 3.59. The van der Waals surface area contributed by atoms with Crippen molar-refractivity contribution in [3.63, 3.8) is 0 Å². The van der Waals surface area contributed by atoms with Crippen LogP contribution in [0.3, 0.4) is 0 Å². The molecule has 3 rings (SSSR count). The molecule has 1 fully saturated rings. The van der Waals surface area contributed by atoms with E-state index < -0.39 is 29.2 Å². The van der Waals surface area contributed by atoms with Crippen LogP contribution in [-0.2, 0) is 21.5 Å². The van der Waals surface area contributed by atoms with Crippen LogP contribution in [0.15, 0.2) is 48.5 Å². The SMILES string of the molecule is CC[C@]1(c2ccc(F)cc2)NC(=O)N(CC(=O)NCCc2ccccc2OC)C1=O. The van der Waals surface area contributed by atoms with Crippen molar-refractivity contribution in [3.05, 3.63) is 65.5 Å². The van der Waals surface area contributed by atoms with Crippen LogP contribution in [0.5, 0.6) is 5.75 Å². The fourth-order valence-electron chi connectivity index (χ4n) is 3.59. The first-order valence-corrected chi connectivity index (χ1v) is 9.70. The molecule has 1 aliphatic heterocycles. The lowest BCUT2D eigenvalue weighted by atomic mass is 9.87. The summed E-state index contributed by atoms with van der Waals surface area (Å²) in [6.07, 6.45) is 0.819. The molecule has 7 nitrogen and oxygen atoms in total. The summed E-state index contributed by atoms with van der Waals surface area (Å²) in [5.74, 6) is -0.679. The summed E-state index contributed by atoms with van der Waals surface area (Å²) in [5, 5.41) is 5.40. The molecule has 0 saturated carbocycles. The van der Waals surface area contributed by atoms with Gasteiger partial charge in [-0.25, -0.2) is 9.18 Å². The van der Waals surface area contributed by atoms with E-state index in [0.29, 0.717) is 18.5 Å². The summed E-state index contributed by atoms with van der Waals surface area (Å²) < 4.78 is 18.6. The fraction of sp³-hybridized carbons (Fsp3) is 0.318. The van der Waals surface area contributed by atoms with E-state index >= 15 is 0 Å². The molecule has 0 radical (unpaired) electrons. The third kappa shape index (κ3) is 4.12. The standard InChI is InChI=1S/C22H24FN3O4/c1-3-22(16-8-10-17(23)11-9-16)20(28)26(21(29)25-22)14-19(27)24-13-12-15-6-4-5-7-18(15)30-2/h4-11H,3,12-14H2,1-2H3,(H,24,27)(H,25,29)/t22-/m1/s1. The molecule has 2 N–H and O–H groups in total. The van der Waals surface area contributed by atoms with Crippen LogP contribution in [0.4, 0.5) is 9.18 Å². The monoisotopic (exact) mass is 413 g/mol. The largest absolute Gasteiger partial charge is 0.496 e. The van der Waals surface area contributed by atoms with Crippen LogP contribution >= 0.6 is 0 Å². The van der Waals surface area contributed by atoms with Crippen molar-refractivity contribution in [1.82, 2.24) is 15.5 Å². The molecule has 4 amide bonds. The molecular weight excluding hydrogens is 389 g/mol. The summed E-state index contributed by atoms with van der Waals surface area (Å²) in [6.45, 7) is 1.69. The minimum absolute atomic E-state index is 0.273. The molecule has 8 heteroatoms. The molecule has 1 heterocycles. The molecular formula is C22H24FN3O4. The van der Waals surface area contributed by atoms with Gasteiger partial charge < -0.3 is 15.4 Å². The lowest BCUT2D eigenvalue weighted by molar-refractivity contribution is -0.135. The van der Waals surface area contributed by atoms with Gasteiger partial charge in [0, 0.05) is 6.54 Å². The summed E-state index contributed by atoms with van der Waals surface area (Å²) in [5.41, 5.74) is 0.114. The van der Waals surface area contributed by atoms with Gasteiger partial charge in [0.15, 0.2) is 0 Å². The van der Waals surface area contributed by atoms with Gasteiger partial charge in [-0.05, 0) is 42.2 Å². The second-order valence-electron chi connectivity index (χ2n) is 7.00. The Balaban J connectivity index is 1.63. The lowest BCUT2D eigenvalue weighted by Gasteiger charge is -2.25. The van der Waals surface area contributed by atoms with Crippen molar-refractivity contribution in [2.24, 2.45) is 0 Å². The average Bonchev–Trinajstić information content (AvgIpc) is 2.99. The summed E-state index contributed by atoms with van der Waals surface area (Å²) in [6, 6.07) is 12.2. The number of ether oxygens (including phenoxy) is 1. The third-order valence-electron chi connectivity index (χ3n) is 5.25. The zero-order valence-corrected chi connectivity index (χ0v) is 16.9. The maximum absolute atomic E-state index is 13.3. The van der Waals surface area contributed by atoms with E-state index in [-0.39, 0.29) is 13.0 Å². The number of benzene rings is 2. The summed E-state index contributed by atoms with van der Waals surface area (Å²) in [7, 11) is 1.58. The first-order chi connectivity index (χ1) is 14.4. The number of urea groups is 1. The molecule has 1 atom stereocenters. The zero-order chi connectivity index (χ0) is 21.7. The Labute approximate surface area is 174 Å². The number of carbonyl (C=O) groups is 3. The number of hydrogen-bond donors (Lipinski definition) is 2. The Morgan fingerprint density at radius 2 is 1.87 bits per heavy atom. The molecule has 0 aromatic heterocycles. The third-order valence-corrected chi connectivity index (χ3v) is 5.25. The Morgan fingerprint density at radius 1 is 1.17 bits per heavy atom. The summed E-state index contributed by atoms with van der Waals surface area (Å²) >= 11 is 0. The maximum atomic E-state index is 13.3. The number of nitrogens with one attached hydrogen (secondary N) is 2. The number of halogens is 1. The predicted molar refractivity (Wildman–Crippen MR) is 108 cm³/mol. The van der Waals surface area contributed by atoms with Crippen molar-refractivity contribution in [3.8, 4) is 5.75 Å². The molecule has 0 bridgehead atoms. The molecule has 0 spiro atoms. The quantitative estimate of drug-likeness (QED) is 0.651. The van der Waals surface area contributed by atoms with E-state index in [2.05, 4.69) is 10.6 Å². The Kier molecular flexibility index (Phi) is 6.34. The highest BCUT2D eigenvalue weighted by Gasteiger charge is 2.51. The zero-order valence-electron chi connectivity index (χ0n) is 16.9. The van der Waals surface area contributed by atoms with Crippen LogP contribution in [-0.4, -0.2) is 42.9 Å². The van der Waals surface area contributed by atoms with Crippen molar-refractivity contribution in [2.75, 3.05) is 20.2 Å². The normalized spacial score (nSPS) is 18.3. The number of hydrogen-bond acceptors (Lipinski definition) is 4. The highest BCUT2D eigenvalue weighted by atomic mass is 19.1. The van der Waals surface area contributed by atoms with Crippen LogP contribution < -0.4 is 15.4 Å². The van der Waals surface area contributed by atoms with Crippen LogP contribution in [0.2, 0.25) is 0 Å². The molecule has 0 aliphatic carbocycles. The van der Waals surface area contributed by atoms with Crippen LogP contribution in [0.1, 0.15) is 24.5 Å². The maximum Gasteiger partial charge on any atom is 0.325 e. The number of para-hydroxylation sites is 1. The first-order valence-electron chi connectivity index (χ1n) is 9.70. The van der Waals surface area contributed by atoms with Crippen molar-refractivity contribution in [2.45, 2.75) is 25.3 Å². The van der Waals surface area contributed by atoms with Crippen LogP contribution in [0, 0.1) is 5.82 Å². The van der Waals surface area contributed by atoms with E-state index in [1.54, 1.807) is 14.0 Å². The van der Waals surface area contributed by atoms with Crippen molar-refractivity contribution >= 4 is 17.8 Å². The van der Waals surface area contributed by atoms with Gasteiger partial charge >= 0.3 is 6.03 Å². The molecule has 2 aromatic carbocycles.